The van der Waals surface area contributed by atoms with Crippen molar-refractivity contribution in [1.29, 1.82) is 0 Å². The van der Waals surface area contributed by atoms with Crippen molar-refractivity contribution in [3.63, 3.8) is 0 Å². The summed E-state index contributed by atoms with van der Waals surface area (Å²) in [5, 5.41) is 8.90. The summed E-state index contributed by atoms with van der Waals surface area (Å²) in [6.07, 6.45) is -6.20. The van der Waals surface area contributed by atoms with Crippen LogP contribution in [0.5, 0.6) is 0 Å². The molecule has 1 N–H and O–H groups in total. The SMILES string of the molecule is CCc1ccc([C@@H](O)C(F)(F)F)cc1. The van der Waals surface area contributed by atoms with Crippen LogP contribution in [0, 0.1) is 0 Å². The molecule has 0 amide bonds. The van der Waals surface area contributed by atoms with E-state index >= 15 is 0 Å². The lowest BCUT2D eigenvalue weighted by atomic mass is 10.1. The van der Waals surface area contributed by atoms with E-state index < -0.39 is 12.3 Å². The fraction of sp³-hybridized carbons (Fsp3) is 0.400. The Hall–Kier alpha value is -1.03. The minimum absolute atomic E-state index is 0.116. The molecule has 1 aromatic rings. The molecule has 0 saturated carbocycles. The van der Waals surface area contributed by atoms with Gasteiger partial charge in [-0.1, -0.05) is 31.2 Å². The average Bonchev–Trinajstić information content (AvgIpc) is 2.15. The van der Waals surface area contributed by atoms with Crippen molar-refractivity contribution in [2.75, 3.05) is 0 Å². The molecule has 0 fully saturated rings. The predicted molar refractivity (Wildman–Crippen MR) is 46.8 cm³/mol. The van der Waals surface area contributed by atoms with E-state index in [0.29, 0.717) is 0 Å². The Labute approximate surface area is 80.2 Å². The molecule has 4 heteroatoms. The summed E-state index contributed by atoms with van der Waals surface area (Å²) < 4.78 is 36.2. The molecule has 1 nitrogen and oxygen atoms in total. The monoisotopic (exact) mass is 204 g/mol. The van der Waals surface area contributed by atoms with Crippen LogP contribution < -0.4 is 0 Å². The van der Waals surface area contributed by atoms with Gasteiger partial charge in [0.25, 0.3) is 0 Å². The maximum absolute atomic E-state index is 12.1. The molecular weight excluding hydrogens is 193 g/mol. The lowest BCUT2D eigenvalue weighted by Gasteiger charge is -2.14. The molecule has 0 heterocycles. The summed E-state index contributed by atoms with van der Waals surface area (Å²) in [4.78, 5) is 0. The summed E-state index contributed by atoms with van der Waals surface area (Å²) >= 11 is 0. The zero-order valence-electron chi connectivity index (χ0n) is 7.67. The van der Waals surface area contributed by atoms with E-state index in [1.807, 2.05) is 6.92 Å². The topological polar surface area (TPSA) is 20.2 Å². The van der Waals surface area contributed by atoms with Crippen LogP contribution in [0.3, 0.4) is 0 Å². The van der Waals surface area contributed by atoms with E-state index in [-0.39, 0.29) is 5.56 Å². The Kier molecular flexibility index (Phi) is 3.16. The van der Waals surface area contributed by atoms with Crippen molar-refractivity contribution >= 4 is 0 Å². The molecule has 0 saturated heterocycles. The number of aryl methyl sites for hydroxylation is 1. The summed E-state index contributed by atoms with van der Waals surface area (Å²) in [6.45, 7) is 1.91. The van der Waals surface area contributed by atoms with E-state index in [2.05, 4.69) is 0 Å². The highest BCUT2D eigenvalue weighted by Crippen LogP contribution is 2.32. The van der Waals surface area contributed by atoms with Crippen LogP contribution in [-0.4, -0.2) is 11.3 Å². The zero-order chi connectivity index (χ0) is 10.8. The van der Waals surface area contributed by atoms with Crippen LogP contribution in [0.2, 0.25) is 0 Å². The molecule has 78 valence electrons. The van der Waals surface area contributed by atoms with Gasteiger partial charge in [0.2, 0.25) is 0 Å². The largest absolute Gasteiger partial charge is 0.418 e. The van der Waals surface area contributed by atoms with Crippen molar-refractivity contribution in [2.45, 2.75) is 25.6 Å². The summed E-state index contributed by atoms with van der Waals surface area (Å²) in [6, 6.07) is 5.78. The Morgan fingerprint density at radius 2 is 1.71 bits per heavy atom. The number of alkyl halides is 3. The molecular formula is C10H11F3O. The molecule has 0 aliphatic heterocycles. The van der Waals surface area contributed by atoms with Gasteiger partial charge in [-0.25, -0.2) is 0 Å². The lowest BCUT2D eigenvalue weighted by molar-refractivity contribution is -0.206. The molecule has 0 aliphatic carbocycles. The molecule has 1 rings (SSSR count). The number of halogens is 3. The van der Waals surface area contributed by atoms with E-state index in [1.165, 1.54) is 12.1 Å². The van der Waals surface area contributed by atoms with Gasteiger partial charge in [0, 0.05) is 0 Å². The highest BCUT2D eigenvalue weighted by molar-refractivity contribution is 5.24. The van der Waals surface area contributed by atoms with Gasteiger partial charge in [-0.05, 0) is 17.5 Å². The highest BCUT2D eigenvalue weighted by atomic mass is 19.4. The van der Waals surface area contributed by atoms with Gasteiger partial charge in [0.15, 0.2) is 6.10 Å². The number of rotatable bonds is 2. The molecule has 1 aromatic carbocycles. The Balaban J connectivity index is 2.87. The molecule has 1 atom stereocenters. The number of aliphatic hydroxyl groups is 1. The van der Waals surface area contributed by atoms with Crippen LogP contribution in [0.25, 0.3) is 0 Å². The van der Waals surface area contributed by atoms with Gasteiger partial charge in [-0.2, -0.15) is 13.2 Å². The van der Waals surface area contributed by atoms with Crippen molar-refractivity contribution in [3.05, 3.63) is 35.4 Å². The molecule has 0 bridgehead atoms. The Bertz CT molecular complexity index is 289. The molecule has 0 spiro atoms. The maximum atomic E-state index is 12.1. The number of hydrogen-bond acceptors (Lipinski definition) is 1. The lowest BCUT2D eigenvalue weighted by Crippen LogP contribution is -2.20. The predicted octanol–water partition coefficient (Wildman–Crippen LogP) is 2.84. The van der Waals surface area contributed by atoms with E-state index in [0.717, 1.165) is 12.0 Å². The van der Waals surface area contributed by atoms with Crippen LogP contribution in [0.1, 0.15) is 24.2 Å². The first-order valence-electron chi connectivity index (χ1n) is 4.28. The zero-order valence-corrected chi connectivity index (χ0v) is 7.67. The maximum Gasteiger partial charge on any atom is 0.418 e. The summed E-state index contributed by atoms with van der Waals surface area (Å²) in [5.74, 6) is 0. The fourth-order valence-electron chi connectivity index (χ4n) is 1.12. The van der Waals surface area contributed by atoms with Gasteiger partial charge in [-0.3, -0.25) is 0 Å². The van der Waals surface area contributed by atoms with Crippen LogP contribution in [0.15, 0.2) is 24.3 Å². The van der Waals surface area contributed by atoms with Crippen molar-refractivity contribution in [3.8, 4) is 0 Å². The summed E-state index contributed by atoms with van der Waals surface area (Å²) in [5.41, 5.74) is 0.831. The standard InChI is InChI=1S/C10H11F3O/c1-2-7-3-5-8(6-4-7)9(14)10(11,12)13/h3-6,9,14H,2H2,1H3/t9-/m1/s1. The number of aliphatic hydroxyl groups excluding tert-OH is 1. The van der Waals surface area contributed by atoms with Crippen molar-refractivity contribution in [1.82, 2.24) is 0 Å². The smallest absolute Gasteiger partial charge is 0.379 e. The average molecular weight is 204 g/mol. The minimum Gasteiger partial charge on any atom is -0.379 e. The quantitative estimate of drug-likeness (QED) is 0.785. The first kappa shape index (κ1) is 11.0. The second-order valence-electron chi connectivity index (χ2n) is 3.04. The normalized spacial score (nSPS) is 14.1. The third-order valence-corrected chi connectivity index (χ3v) is 2.01. The van der Waals surface area contributed by atoms with E-state index in [1.54, 1.807) is 12.1 Å². The van der Waals surface area contributed by atoms with Gasteiger partial charge in [0.1, 0.15) is 0 Å². The molecule has 0 aromatic heterocycles. The van der Waals surface area contributed by atoms with Gasteiger partial charge in [0.05, 0.1) is 0 Å². The Morgan fingerprint density at radius 3 is 2.07 bits per heavy atom. The fourth-order valence-corrected chi connectivity index (χ4v) is 1.12. The third-order valence-electron chi connectivity index (χ3n) is 2.01. The first-order valence-corrected chi connectivity index (χ1v) is 4.28. The van der Waals surface area contributed by atoms with Crippen molar-refractivity contribution < 1.29 is 18.3 Å². The van der Waals surface area contributed by atoms with Gasteiger partial charge >= 0.3 is 6.18 Å². The molecule has 0 aliphatic rings. The first-order chi connectivity index (χ1) is 6.45. The highest BCUT2D eigenvalue weighted by Gasteiger charge is 2.39. The third kappa shape index (κ3) is 2.48. The minimum atomic E-state index is -4.59. The van der Waals surface area contributed by atoms with Gasteiger partial charge < -0.3 is 5.11 Å². The van der Waals surface area contributed by atoms with Crippen LogP contribution in [-0.2, 0) is 6.42 Å². The van der Waals surface area contributed by atoms with Crippen molar-refractivity contribution in [2.24, 2.45) is 0 Å². The van der Waals surface area contributed by atoms with E-state index in [9.17, 15) is 13.2 Å². The van der Waals surface area contributed by atoms with Crippen LogP contribution in [0.4, 0.5) is 13.2 Å². The molecule has 14 heavy (non-hydrogen) atoms. The van der Waals surface area contributed by atoms with E-state index in [4.69, 9.17) is 5.11 Å². The molecule has 0 radical (unpaired) electrons. The second-order valence-corrected chi connectivity index (χ2v) is 3.04. The molecule has 0 unspecified atom stereocenters. The second kappa shape index (κ2) is 4.00. The van der Waals surface area contributed by atoms with Crippen LogP contribution >= 0.6 is 0 Å². The number of benzene rings is 1. The van der Waals surface area contributed by atoms with Gasteiger partial charge in [-0.15, -0.1) is 0 Å². The number of hydrogen-bond donors (Lipinski definition) is 1. The Morgan fingerprint density at radius 1 is 1.21 bits per heavy atom. The summed E-state index contributed by atoms with van der Waals surface area (Å²) in [7, 11) is 0.